The van der Waals surface area contributed by atoms with E-state index in [0.717, 1.165) is 50.5 Å². The van der Waals surface area contributed by atoms with E-state index in [2.05, 4.69) is 13.5 Å². The smallest absolute Gasteiger partial charge is 0.156 e. The van der Waals surface area contributed by atoms with Crippen molar-refractivity contribution in [2.45, 2.75) is 70.8 Å². The van der Waals surface area contributed by atoms with Crippen LogP contribution in [0.5, 0.6) is 0 Å². The summed E-state index contributed by atoms with van der Waals surface area (Å²) in [6.45, 7) is 8.41. The van der Waals surface area contributed by atoms with Gasteiger partial charge in [-0.15, -0.1) is 0 Å². The molecule has 2 unspecified atom stereocenters. The molecular weight excluding hydrogens is 284 g/mol. The normalized spacial score (nSPS) is 42.7. The van der Waals surface area contributed by atoms with Crippen LogP contribution in [0.1, 0.15) is 65.2 Å². The lowest BCUT2D eigenvalue weighted by molar-refractivity contribution is -0.114. The largest absolute Gasteiger partial charge is 0.385 e. The van der Waals surface area contributed by atoms with Crippen LogP contribution in [-0.4, -0.2) is 16.5 Å². The quantitative estimate of drug-likeness (QED) is 0.724. The second kappa shape index (κ2) is 4.92. The van der Waals surface area contributed by atoms with E-state index in [1.165, 1.54) is 11.1 Å². The first-order valence-corrected chi connectivity index (χ1v) is 9.21. The predicted molar refractivity (Wildman–Crippen MR) is 91.9 cm³/mol. The Hall–Kier alpha value is -1.15. The van der Waals surface area contributed by atoms with Gasteiger partial charge in [-0.2, -0.15) is 0 Å². The van der Waals surface area contributed by atoms with E-state index in [1.807, 2.05) is 13.0 Å². The molecule has 4 rings (SSSR count). The second-order valence-corrected chi connectivity index (χ2v) is 8.49. The van der Waals surface area contributed by atoms with Crippen LogP contribution in [0, 0.1) is 17.3 Å². The van der Waals surface area contributed by atoms with Crippen molar-refractivity contribution in [3.05, 3.63) is 34.9 Å². The van der Waals surface area contributed by atoms with Gasteiger partial charge < -0.3 is 5.11 Å². The Labute approximate surface area is 139 Å². The zero-order valence-corrected chi connectivity index (χ0v) is 14.5. The van der Waals surface area contributed by atoms with Gasteiger partial charge in [0, 0.05) is 11.8 Å². The maximum atomic E-state index is 11.7. The highest BCUT2D eigenvalue weighted by Crippen LogP contribution is 2.64. The van der Waals surface area contributed by atoms with Crippen molar-refractivity contribution in [1.29, 1.82) is 0 Å². The lowest BCUT2D eigenvalue weighted by atomic mass is 9.54. The zero-order valence-electron chi connectivity index (χ0n) is 14.5. The molecule has 4 atom stereocenters. The van der Waals surface area contributed by atoms with Gasteiger partial charge in [0.05, 0.1) is 5.60 Å². The van der Waals surface area contributed by atoms with Crippen LogP contribution in [0.15, 0.2) is 34.9 Å². The Morgan fingerprint density at radius 2 is 2.00 bits per heavy atom. The summed E-state index contributed by atoms with van der Waals surface area (Å²) in [6, 6.07) is 0. The summed E-state index contributed by atoms with van der Waals surface area (Å²) in [5.74, 6) is 1.49. The maximum Gasteiger partial charge on any atom is 0.156 e. The van der Waals surface area contributed by atoms with Crippen molar-refractivity contribution in [2.75, 3.05) is 0 Å². The summed E-state index contributed by atoms with van der Waals surface area (Å²) in [7, 11) is 0. The van der Waals surface area contributed by atoms with Gasteiger partial charge in [0.1, 0.15) is 0 Å². The van der Waals surface area contributed by atoms with Gasteiger partial charge in [-0.05, 0) is 86.5 Å². The first-order valence-electron chi connectivity index (χ1n) is 9.21. The molecule has 0 aromatic rings. The van der Waals surface area contributed by atoms with Crippen LogP contribution in [0.4, 0.5) is 0 Å². The summed E-state index contributed by atoms with van der Waals surface area (Å²) in [5, 5.41) is 11.3. The number of allylic oxidation sites excluding steroid dienone is 4. The number of ketones is 1. The number of fused-ring (bicyclic) bond motifs is 4. The van der Waals surface area contributed by atoms with Crippen molar-refractivity contribution in [1.82, 2.24) is 0 Å². The van der Waals surface area contributed by atoms with Crippen molar-refractivity contribution >= 4 is 5.78 Å². The van der Waals surface area contributed by atoms with Crippen molar-refractivity contribution in [2.24, 2.45) is 17.3 Å². The Balaban J connectivity index is 1.74. The van der Waals surface area contributed by atoms with E-state index >= 15 is 0 Å². The van der Waals surface area contributed by atoms with Crippen LogP contribution in [0.25, 0.3) is 0 Å². The molecular formula is C21H28O2. The van der Waals surface area contributed by atoms with E-state index in [-0.39, 0.29) is 5.41 Å². The van der Waals surface area contributed by atoms with Gasteiger partial charge in [-0.1, -0.05) is 19.1 Å². The molecule has 0 bridgehead atoms. The van der Waals surface area contributed by atoms with Crippen LogP contribution < -0.4 is 0 Å². The number of hydrogen-bond acceptors (Lipinski definition) is 2. The van der Waals surface area contributed by atoms with E-state index in [0.29, 0.717) is 24.0 Å². The molecule has 23 heavy (non-hydrogen) atoms. The molecule has 2 saturated carbocycles. The monoisotopic (exact) mass is 312 g/mol. The molecule has 0 spiro atoms. The second-order valence-electron chi connectivity index (χ2n) is 8.49. The highest BCUT2D eigenvalue weighted by molar-refractivity contribution is 5.93. The molecule has 4 aliphatic carbocycles. The molecule has 2 heteroatoms. The van der Waals surface area contributed by atoms with Crippen LogP contribution in [0.2, 0.25) is 0 Å². The van der Waals surface area contributed by atoms with Crippen molar-refractivity contribution in [3.8, 4) is 0 Å². The molecule has 2 nitrogen and oxygen atoms in total. The van der Waals surface area contributed by atoms with Crippen molar-refractivity contribution < 1.29 is 9.90 Å². The first-order chi connectivity index (χ1) is 10.9. The lowest BCUT2D eigenvalue weighted by Crippen LogP contribution is -2.50. The summed E-state index contributed by atoms with van der Waals surface area (Å²) in [6.07, 6.45) is 9.87. The molecule has 0 amide bonds. The number of hydrogen-bond donors (Lipinski definition) is 1. The number of aliphatic hydroxyl groups is 1. The minimum Gasteiger partial charge on any atom is -0.385 e. The summed E-state index contributed by atoms with van der Waals surface area (Å²) in [4.78, 5) is 11.7. The zero-order chi connectivity index (χ0) is 16.4. The van der Waals surface area contributed by atoms with E-state index < -0.39 is 5.60 Å². The van der Waals surface area contributed by atoms with Crippen LogP contribution >= 0.6 is 0 Å². The highest BCUT2D eigenvalue weighted by Gasteiger charge is 2.60. The molecule has 0 heterocycles. The fourth-order valence-corrected chi connectivity index (χ4v) is 6.25. The average Bonchev–Trinajstić information content (AvgIpc) is 2.80. The van der Waals surface area contributed by atoms with Crippen LogP contribution in [-0.2, 0) is 4.79 Å². The fraction of sp³-hybridized carbons (Fsp3) is 0.667. The minimum atomic E-state index is -0.688. The molecule has 0 aromatic heterocycles. The summed E-state index contributed by atoms with van der Waals surface area (Å²) in [5.41, 5.74) is 4.69. The van der Waals surface area contributed by atoms with E-state index in [9.17, 15) is 9.90 Å². The predicted octanol–water partition coefficient (Wildman–Crippen LogP) is 4.50. The topological polar surface area (TPSA) is 37.3 Å². The Morgan fingerprint density at radius 3 is 2.74 bits per heavy atom. The Morgan fingerprint density at radius 1 is 1.22 bits per heavy atom. The molecule has 4 aliphatic rings. The molecule has 0 aliphatic heterocycles. The SMILES string of the molecule is C=C(C)[C@@]1(O)CCC2C3CCC4=CC(=O)CCC4=C3CC[C@@]21C. The third-order valence-corrected chi connectivity index (χ3v) is 7.59. The number of carbonyl (C=O) groups excluding carboxylic acids is 1. The molecule has 124 valence electrons. The van der Waals surface area contributed by atoms with Crippen LogP contribution in [0.3, 0.4) is 0 Å². The Bertz CT molecular complexity index is 653. The number of rotatable bonds is 1. The Kier molecular flexibility index (Phi) is 3.29. The molecule has 2 fully saturated rings. The van der Waals surface area contributed by atoms with E-state index in [1.54, 1.807) is 5.57 Å². The van der Waals surface area contributed by atoms with E-state index in [4.69, 9.17) is 0 Å². The third kappa shape index (κ3) is 1.94. The molecule has 0 radical (unpaired) electrons. The third-order valence-electron chi connectivity index (χ3n) is 7.59. The lowest BCUT2D eigenvalue weighted by Gasteiger charge is -2.52. The summed E-state index contributed by atoms with van der Waals surface area (Å²) >= 11 is 0. The van der Waals surface area contributed by atoms with Gasteiger partial charge >= 0.3 is 0 Å². The van der Waals surface area contributed by atoms with Crippen molar-refractivity contribution in [3.63, 3.8) is 0 Å². The van der Waals surface area contributed by atoms with Gasteiger partial charge in [0.2, 0.25) is 0 Å². The molecule has 1 N–H and O–H groups in total. The first kappa shape index (κ1) is 15.4. The van der Waals surface area contributed by atoms with Gasteiger partial charge in [0.25, 0.3) is 0 Å². The van der Waals surface area contributed by atoms with Gasteiger partial charge in [0.15, 0.2) is 5.78 Å². The minimum absolute atomic E-state index is 0.0285. The maximum absolute atomic E-state index is 11.7. The standard InChI is InChI=1S/C21H28O2/c1-13(2)21(23)11-9-19-18-6-4-14-12-15(22)5-7-16(14)17(18)8-10-20(19,21)3/h12,18-19,23H,1,4-11H2,2-3H3/t18?,19?,20-,21-/m0/s1. The summed E-state index contributed by atoms with van der Waals surface area (Å²) < 4.78 is 0. The fourth-order valence-electron chi connectivity index (χ4n) is 6.25. The molecule has 0 aromatic carbocycles. The van der Waals surface area contributed by atoms with Gasteiger partial charge in [-0.3, -0.25) is 4.79 Å². The average molecular weight is 312 g/mol. The van der Waals surface area contributed by atoms with Gasteiger partial charge in [-0.25, -0.2) is 0 Å². The molecule has 0 saturated heterocycles. The number of carbonyl (C=O) groups is 1. The highest BCUT2D eigenvalue weighted by atomic mass is 16.3.